The van der Waals surface area contributed by atoms with Gasteiger partial charge in [-0.05, 0) is 32.1 Å². The Hall–Kier alpha value is -1.30. The van der Waals surface area contributed by atoms with Gasteiger partial charge in [-0.2, -0.15) is 0 Å². The van der Waals surface area contributed by atoms with Crippen LogP contribution < -0.4 is 0 Å². The second-order valence-electron chi connectivity index (χ2n) is 3.57. The van der Waals surface area contributed by atoms with Crippen LogP contribution in [0.25, 0.3) is 0 Å². The molecule has 1 rings (SSSR count). The monoisotopic (exact) mass is 200 g/mol. The zero-order chi connectivity index (χ0) is 10.6. The molecule has 1 aliphatic carbocycles. The Bertz CT molecular complexity index is 274. The molecular weight excluding hydrogens is 180 g/mol. The van der Waals surface area contributed by atoms with E-state index >= 15 is 0 Å². The molecule has 0 bridgehead atoms. The molecule has 15 heavy (non-hydrogen) atoms. The van der Waals surface area contributed by atoms with Crippen LogP contribution in [0.1, 0.15) is 32.1 Å². The van der Waals surface area contributed by atoms with Crippen LogP contribution in [0.5, 0.6) is 0 Å². The Kier molecular flexibility index (Phi) is 7.27. The predicted octanol–water partition coefficient (Wildman–Crippen LogP) is 4.73. The number of allylic oxidation sites excluding steroid dienone is 10. The second kappa shape index (κ2) is 9.26. The van der Waals surface area contributed by atoms with E-state index in [0.717, 1.165) is 25.7 Å². The van der Waals surface area contributed by atoms with Gasteiger partial charge in [0.15, 0.2) is 0 Å². The van der Waals surface area contributed by atoms with Gasteiger partial charge in [0.05, 0.1) is 0 Å². The lowest BCUT2D eigenvalue weighted by molar-refractivity contribution is 1.00. The topological polar surface area (TPSA) is 0 Å². The van der Waals surface area contributed by atoms with Crippen molar-refractivity contribution in [3.63, 3.8) is 0 Å². The maximum absolute atomic E-state index is 2.28. The van der Waals surface area contributed by atoms with E-state index in [9.17, 15) is 0 Å². The van der Waals surface area contributed by atoms with Crippen LogP contribution in [-0.2, 0) is 0 Å². The van der Waals surface area contributed by atoms with Crippen molar-refractivity contribution in [2.45, 2.75) is 32.1 Å². The third-order valence-electron chi connectivity index (χ3n) is 2.21. The van der Waals surface area contributed by atoms with Gasteiger partial charge in [0.25, 0.3) is 0 Å². The molecule has 0 amide bonds. The standard InChI is InChI=1S/C15H20/c1-2-4-6-8-10-12-14-15-13-11-9-7-5-3-1/h1-6,9,11-12,14H,7-8,10,13,15H2/b2-1-,5-3-,6-4-,11-9-,14-12-. The molecule has 0 aromatic rings. The van der Waals surface area contributed by atoms with Crippen molar-refractivity contribution < 1.29 is 0 Å². The van der Waals surface area contributed by atoms with Crippen molar-refractivity contribution >= 4 is 0 Å². The Morgan fingerprint density at radius 2 is 0.933 bits per heavy atom. The minimum absolute atomic E-state index is 1.04. The van der Waals surface area contributed by atoms with Gasteiger partial charge in [-0.15, -0.1) is 0 Å². The van der Waals surface area contributed by atoms with E-state index in [1.807, 2.05) is 0 Å². The molecule has 0 heteroatoms. The van der Waals surface area contributed by atoms with E-state index in [-0.39, 0.29) is 0 Å². The summed E-state index contributed by atoms with van der Waals surface area (Å²) in [6, 6.07) is 0. The molecular formula is C15H20. The van der Waals surface area contributed by atoms with Crippen molar-refractivity contribution in [2.75, 3.05) is 0 Å². The van der Waals surface area contributed by atoms with Crippen molar-refractivity contribution in [3.05, 3.63) is 60.8 Å². The van der Waals surface area contributed by atoms with Crippen LogP contribution in [0, 0.1) is 0 Å². The van der Waals surface area contributed by atoms with Crippen LogP contribution in [0.3, 0.4) is 0 Å². The van der Waals surface area contributed by atoms with Gasteiger partial charge in [-0.3, -0.25) is 0 Å². The van der Waals surface area contributed by atoms with E-state index in [0.29, 0.717) is 0 Å². The van der Waals surface area contributed by atoms with Crippen LogP contribution in [0.15, 0.2) is 60.8 Å². The molecule has 0 N–H and O–H groups in total. The van der Waals surface area contributed by atoms with Crippen LogP contribution in [-0.4, -0.2) is 0 Å². The normalized spacial score (nSPS) is 29.3. The maximum atomic E-state index is 2.28. The van der Waals surface area contributed by atoms with Crippen molar-refractivity contribution in [1.29, 1.82) is 0 Å². The first-order valence-corrected chi connectivity index (χ1v) is 5.78. The molecule has 1 aliphatic rings. The second-order valence-corrected chi connectivity index (χ2v) is 3.57. The highest BCUT2D eigenvalue weighted by Crippen LogP contribution is 1.99. The molecule has 0 fully saturated rings. The first kappa shape index (κ1) is 11.8. The first-order chi connectivity index (χ1) is 7.50. The maximum Gasteiger partial charge on any atom is -0.0166 e. The summed E-state index contributed by atoms with van der Waals surface area (Å²) >= 11 is 0. The van der Waals surface area contributed by atoms with Gasteiger partial charge < -0.3 is 0 Å². The highest BCUT2D eigenvalue weighted by atomic mass is 13.9. The molecule has 0 nitrogen and oxygen atoms in total. The highest BCUT2D eigenvalue weighted by Gasteiger charge is 1.79. The molecule has 80 valence electrons. The van der Waals surface area contributed by atoms with E-state index < -0.39 is 0 Å². The lowest BCUT2D eigenvalue weighted by atomic mass is 10.2. The molecule has 0 radical (unpaired) electrons. The van der Waals surface area contributed by atoms with E-state index in [1.54, 1.807) is 0 Å². The largest absolute Gasteiger partial charge is 0.0882 e. The van der Waals surface area contributed by atoms with Gasteiger partial charge in [0, 0.05) is 0 Å². The van der Waals surface area contributed by atoms with Gasteiger partial charge in [0.1, 0.15) is 0 Å². The summed E-state index contributed by atoms with van der Waals surface area (Å²) in [7, 11) is 0. The van der Waals surface area contributed by atoms with Crippen molar-refractivity contribution in [3.8, 4) is 0 Å². The average molecular weight is 200 g/mol. The fraction of sp³-hybridized carbons (Fsp3) is 0.333. The molecule has 0 saturated carbocycles. The van der Waals surface area contributed by atoms with Crippen LogP contribution in [0.4, 0.5) is 0 Å². The Labute approximate surface area is 93.4 Å². The first-order valence-electron chi connectivity index (χ1n) is 5.78. The summed E-state index contributed by atoms with van der Waals surface area (Å²) in [5.41, 5.74) is 0. The Balaban J connectivity index is 2.42. The van der Waals surface area contributed by atoms with Gasteiger partial charge >= 0.3 is 0 Å². The van der Waals surface area contributed by atoms with Gasteiger partial charge in [-0.1, -0.05) is 60.8 Å². The van der Waals surface area contributed by atoms with Gasteiger partial charge in [0.2, 0.25) is 0 Å². The summed E-state index contributed by atoms with van der Waals surface area (Å²) in [6.07, 6.45) is 27.5. The molecule has 0 unspecified atom stereocenters. The molecule has 0 saturated heterocycles. The number of rotatable bonds is 0. The Morgan fingerprint density at radius 1 is 0.400 bits per heavy atom. The van der Waals surface area contributed by atoms with Crippen LogP contribution in [0.2, 0.25) is 0 Å². The van der Waals surface area contributed by atoms with Crippen molar-refractivity contribution in [1.82, 2.24) is 0 Å². The van der Waals surface area contributed by atoms with Crippen LogP contribution >= 0.6 is 0 Å². The lowest BCUT2D eigenvalue weighted by Gasteiger charge is -1.88. The third-order valence-corrected chi connectivity index (χ3v) is 2.21. The summed E-state index contributed by atoms with van der Waals surface area (Å²) in [4.78, 5) is 0. The fourth-order valence-electron chi connectivity index (χ4n) is 1.37. The third kappa shape index (κ3) is 7.75. The Morgan fingerprint density at radius 3 is 1.67 bits per heavy atom. The molecule has 0 aliphatic heterocycles. The van der Waals surface area contributed by atoms with Crippen molar-refractivity contribution in [2.24, 2.45) is 0 Å². The number of hydrogen-bond donors (Lipinski definition) is 0. The minimum Gasteiger partial charge on any atom is -0.0882 e. The van der Waals surface area contributed by atoms with E-state index in [1.165, 1.54) is 6.42 Å². The zero-order valence-corrected chi connectivity index (χ0v) is 9.31. The molecule has 0 aromatic heterocycles. The summed E-state index contributed by atoms with van der Waals surface area (Å²) in [6.45, 7) is 0. The number of hydrogen-bond acceptors (Lipinski definition) is 0. The summed E-state index contributed by atoms with van der Waals surface area (Å²) < 4.78 is 0. The SMILES string of the molecule is C1=C\C=C/CC/C=C\CC/C=C\C\C=C/1. The minimum atomic E-state index is 1.04. The summed E-state index contributed by atoms with van der Waals surface area (Å²) in [5.74, 6) is 0. The molecule has 0 heterocycles. The molecule has 0 spiro atoms. The smallest absolute Gasteiger partial charge is 0.0166 e. The van der Waals surface area contributed by atoms with Gasteiger partial charge in [-0.25, -0.2) is 0 Å². The highest BCUT2D eigenvalue weighted by molar-refractivity contribution is 5.12. The average Bonchev–Trinajstić information content (AvgIpc) is 2.27. The predicted molar refractivity (Wildman–Crippen MR) is 68.8 cm³/mol. The summed E-state index contributed by atoms with van der Waals surface area (Å²) in [5, 5.41) is 0. The molecule has 0 atom stereocenters. The lowest BCUT2D eigenvalue weighted by Crippen LogP contribution is -1.67. The van der Waals surface area contributed by atoms with E-state index in [2.05, 4.69) is 60.8 Å². The quantitative estimate of drug-likeness (QED) is 0.496. The fourth-order valence-corrected chi connectivity index (χ4v) is 1.37. The van der Waals surface area contributed by atoms with E-state index in [4.69, 9.17) is 0 Å². The zero-order valence-electron chi connectivity index (χ0n) is 9.31. The molecule has 0 aromatic carbocycles.